The van der Waals surface area contributed by atoms with E-state index in [4.69, 9.17) is 10.8 Å². The Labute approximate surface area is 74.8 Å². The van der Waals surface area contributed by atoms with Gasteiger partial charge < -0.3 is 16.2 Å². The Balaban J connectivity index is 2.71. The smallest absolute Gasteiger partial charge is 0.273 e. The lowest BCUT2D eigenvalue weighted by Gasteiger charge is -2.03. The molecule has 0 saturated carbocycles. The van der Waals surface area contributed by atoms with Gasteiger partial charge >= 0.3 is 0 Å². The van der Waals surface area contributed by atoms with Gasteiger partial charge in [-0.15, -0.1) is 0 Å². The van der Waals surface area contributed by atoms with Gasteiger partial charge in [0.1, 0.15) is 0 Å². The van der Waals surface area contributed by atoms with Crippen LogP contribution in [-0.4, -0.2) is 34.1 Å². The minimum absolute atomic E-state index is 0.0796. The average Bonchev–Trinajstić information content (AvgIpc) is 2.15. The molecule has 1 aromatic rings. The number of hydrogen-bond donors (Lipinski definition) is 3. The number of aliphatic hydroxyl groups is 1. The molecule has 0 fully saturated rings. The number of nitrogens with zero attached hydrogens (tertiary/aromatic N) is 2. The number of nitrogen functional groups attached to an aromatic ring is 1. The maximum absolute atomic E-state index is 11.2. The molecule has 70 valence electrons. The quantitative estimate of drug-likeness (QED) is 0.544. The van der Waals surface area contributed by atoms with E-state index in [0.717, 1.165) is 0 Å². The Morgan fingerprint density at radius 1 is 1.54 bits per heavy atom. The van der Waals surface area contributed by atoms with E-state index in [0.29, 0.717) is 0 Å². The number of amides is 1. The summed E-state index contributed by atoms with van der Waals surface area (Å²) in [6.45, 7) is 0.0563. The molecule has 0 unspecified atom stereocenters. The molecule has 1 rings (SSSR count). The fourth-order valence-electron chi connectivity index (χ4n) is 0.777. The first-order valence-electron chi connectivity index (χ1n) is 3.71. The highest BCUT2D eigenvalue weighted by Gasteiger charge is 2.10. The van der Waals surface area contributed by atoms with Crippen LogP contribution < -0.4 is 11.1 Å². The molecule has 0 bridgehead atoms. The van der Waals surface area contributed by atoms with E-state index in [2.05, 4.69) is 15.3 Å². The van der Waals surface area contributed by atoms with Gasteiger partial charge in [0.2, 0.25) is 0 Å². The molecule has 13 heavy (non-hydrogen) atoms. The first kappa shape index (κ1) is 9.40. The zero-order valence-electron chi connectivity index (χ0n) is 6.90. The predicted molar refractivity (Wildman–Crippen MR) is 45.9 cm³/mol. The fraction of sp³-hybridized carbons (Fsp3) is 0.286. The molecule has 0 spiro atoms. The second-order valence-corrected chi connectivity index (χ2v) is 2.27. The number of aromatic nitrogens is 2. The third-order valence-electron chi connectivity index (χ3n) is 1.34. The monoisotopic (exact) mass is 182 g/mol. The van der Waals surface area contributed by atoms with Crippen LogP contribution in [0.5, 0.6) is 0 Å². The van der Waals surface area contributed by atoms with Gasteiger partial charge in [0, 0.05) is 18.9 Å². The van der Waals surface area contributed by atoms with Crippen LogP contribution in [0.2, 0.25) is 0 Å². The zero-order valence-corrected chi connectivity index (χ0v) is 6.90. The van der Waals surface area contributed by atoms with Crippen molar-refractivity contribution in [2.75, 3.05) is 18.9 Å². The summed E-state index contributed by atoms with van der Waals surface area (Å²) < 4.78 is 0. The number of rotatable bonds is 3. The molecule has 0 aliphatic rings. The number of carbonyl (C=O) groups is 1. The van der Waals surface area contributed by atoms with Crippen LogP contribution in [0.1, 0.15) is 10.5 Å². The van der Waals surface area contributed by atoms with Crippen LogP contribution in [0.4, 0.5) is 5.82 Å². The molecule has 0 aliphatic carbocycles. The van der Waals surface area contributed by atoms with E-state index in [-0.39, 0.29) is 24.7 Å². The van der Waals surface area contributed by atoms with Crippen molar-refractivity contribution >= 4 is 11.7 Å². The minimum atomic E-state index is -0.431. The normalized spacial score (nSPS) is 9.62. The van der Waals surface area contributed by atoms with Gasteiger partial charge in [-0.05, 0) is 0 Å². The summed E-state index contributed by atoms with van der Waals surface area (Å²) in [7, 11) is 0. The largest absolute Gasteiger partial charge is 0.395 e. The summed E-state index contributed by atoms with van der Waals surface area (Å²) in [5.74, 6) is -0.349. The summed E-state index contributed by atoms with van der Waals surface area (Å²) in [5.41, 5.74) is 5.48. The molecular formula is C7H10N4O2. The first-order valence-corrected chi connectivity index (χ1v) is 3.71. The number of nitrogens with two attached hydrogens (primary N) is 1. The molecule has 6 heteroatoms. The summed E-state index contributed by atoms with van der Waals surface area (Å²) in [4.78, 5) is 18.7. The molecule has 0 radical (unpaired) electrons. The van der Waals surface area contributed by atoms with Gasteiger partial charge in [0.15, 0.2) is 11.5 Å². The average molecular weight is 182 g/mol. The number of carbonyl (C=O) groups excluding carboxylic acids is 1. The number of nitrogens with one attached hydrogen (secondary N) is 1. The van der Waals surface area contributed by atoms with Gasteiger partial charge in [0.25, 0.3) is 5.91 Å². The lowest BCUT2D eigenvalue weighted by atomic mass is 10.4. The Morgan fingerprint density at radius 2 is 2.23 bits per heavy atom. The number of hydrogen-bond acceptors (Lipinski definition) is 5. The fourth-order valence-corrected chi connectivity index (χ4v) is 0.777. The Kier molecular flexibility index (Phi) is 3.15. The highest BCUT2D eigenvalue weighted by atomic mass is 16.3. The van der Waals surface area contributed by atoms with E-state index < -0.39 is 5.91 Å². The van der Waals surface area contributed by atoms with E-state index >= 15 is 0 Å². The summed E-state index contributed by atoms with van der Waals surface area (Å²) in [5, 5.41) is 10.9. The van der Waals surface area contributed by atoms with Gasteiger partial charge in [-0.3, -0.25) is 4.79 Å². The zero-order chi connectivity index (χ0) is 9.68. The predicted octanol–water partition coefficient (Wildman–Crippen LogP) is -1.22. The van der Waals surface area contributed by atoms with Gasteiger partial charge in [-0.1, -0.05) is 0 Å². The Morgan fingerprint density at radius 3 is 2.85 bits per heavy atom. The van der Waals surface area contributed by atoms with E-state index in [1.807, 2.05) is 0 Å². The summed E-state index contributed by atoms with van der Waals surface area (Å²) in [6.07, 6.45) is 2.78. The number of anilines is 1. The third kappa shape index (κ3) is 2.38. The lowest BCUT2D eigenvalue weighted by Crippen LogP contribution is -2.28. The Bertz CT molecular complexity index is 302. The highest BCUT2D eigenvalue weighted by Crippen LogP contribution is 2.01. The molecular weight excluding hydrogens is 172 g/mol. The van der Waals surface area contributed by atoms with Gasteiger partial charge in [-0.25, -0.2) is 9.97 Å². The maximum Gasteiger partial charge on any atom is 0.273 e. The minimum Gasteiger partial charge on any atom is -0.395 e. The second-order valence-electron chi connectivity index (χ2n) is 2.27. The van der Waals surface area contributed by atoms with Crippen molar-refractivity contribution in [2.45, 2.75) is 0 Å². The van der Waals surface area contributed by atoms with Gasteiger partial charge in [-0.2, -0.15) is 0 Å². The number of aliphatic hydroxyl groups excluding tert-OH is 1. The third-order valence-corrected chi connectivity index (χ3v) is 1.34. The molecule has 1 aromatic heterocycles. The maximum atomic E-state index is 11.2. The van der Waals surface area contributed by atoms with Crippen LogP contribution in [0.15, 0.2) is 12.4 Å². The van der Waals surface area contributed by atoms with Crippen LogP contribution in [-0.2, 0) is 0 Å². The summed E-state index contributed by atoms with van der Waals surface area (Å²) >= 11 is 0. The molecule has 0 aromatic carbocycles. The lowest BCUT2D eigenvalue weighted by molar-refractivity contribution is 0.0940. The first-order chi connectivity index (χ1) is 6.25. The van der Waals surface area contributed by atoms with Crippen molar-refractivity contribution in [3.8, 4) is 0 Å². The van der Waals surface area contributed by atoms with E-state index in [1.165, 1.54) is 12.4 Å². The topological polar surface area (TPSA) is 101 Å². The van der Waals surface area contributed by atoms with Crippen molar-refractivity contribution in [1.29, 1.82) is 0 Å². The molecule has 6 nitrogen and oxygen atoms in total. The van der Waals surface area contributed by atoms with Crippen LogP contribution in [0.3, 0.4) is 0 Å². The van der Waals surface area contributed by atoms with E-state index in [1.54, 1.807) is 0 Å². The van der Waals surface area contributed by atoms with Crippen molar-refractivity contribution in [3.63, 3.8) is 0 Å². The van der Waals surface area contributed by atoms with Crippen molar-refractivity contribution in [3.05, 3.63) is 18.1 Å². The van der Waals surface area contributed by atoms with Crippen LogP contribution in [0.25, 0.3) is 0 Å². The molecule has 0 saturated heterocycles. The highest BCUT2D eigenvalue weighted by molar-refractivity contribution is 5.96. The molecule has 0 atom stereocenters. The van der Waals surface area contributed by atoms with Crippen molar-refractivity contribution in [1.82, 2.24) is 15.3 Å². The van der Waals surface area contributed by atoms with E-state index in [9.17, 15) is 4.79 Å². The molecule has 0 aliphatic heterocycles. The van der Waals surface area contributed by atoms with Gasteiger partial charge in [0.05, 0.1) is 6.61 Å². The molecule has 4 N–H and O–H groups in total. The molecule has 1 amide bonds. The van der Waals surface area contributed by atoms with Crippen LogP contribution >= 0.6 is 0 Å². The molecule has 1 heterocycles. The SMILES string of the molecule is Nc1nccnc1C(=O)NCCO. The van der Waals surface area contributed by atoms with Crippen molar-refractivity contribution in [2.24, 2.45) is 0 Å². The Hall–Kier alpha value is -1.69. The van der Waals surface area contributed by atoms with Crippen LogP contribution in [0, 0.1) is 0 Å². The standard InChI is InChI=1S/C7H10N4O2/c8-6-5(9-1-2-10-6)7(13)11-3-4-12/h1-2,12H,3-4H2,(H2,8,10)(H,11,13). The summed E-state index contributed by atoms with van der Waals surface area (Å²) in [6, 6.07) is 0. The van der Waals surface area contributed by atoms with Crippen molar-refractivity contribution < 1.29 is 9.90 Å². The second kappa shape index (κ2) is 4.36.